The quantitative estimate of drug-likeness (QED) is 0.720. The van der Waals surface area contributed by atoms with E-state index in [-0.39, 0.29) is 36.8 Å². The molecule has 2 aliphatic heterocycles. The van der Waals surface area contributed by atoms with Crippen molar-refractivity contribution in [1.29, 1.82) is 0 Å². The Kier molecular flexibility index (Phi) is 6.04. The SMILES string of the molecule is O=C(N1CCC(COc2coc(CN3Cc4ccccc4C3)cc2=O)CC1)C(F)(F)F. The number of ether oxygens (including phenoxy) is 1. The molecule has 1 aromatic heterocycles. The number of fused-ring (bicyclic) bond motifs is 1. The molecule has 31 heavy (non-hydrogen) atoms. The second-order valence-corrected chi connectivity index (χ2v) is 8.03. The summed E-state index contributed by atoms with van der Waals surface area (Å²) in [5.74, 6) is -1.20. The number of piperidine rings is 1. The van der Waals surface area contributed by atoms with Crippen LogP contribution in [0.25, 0.3) is 0 Å². The van der Waals surface area contributed by atoms with E-state index < -0.39 is 12.1 Å². The van der Waals surface area contributed by atoms with Crippen molar-refractivity contribution in [3.8, 4) is 5.75 Å². The standard InChI is InChI=1S/C22H23F3N2O4/c23-22(24,25)21(29)27-7-5-15(6-8-27)13-31-20-14-30-18(9-19(20)28)12-26-10-16-3-1-2-4-17(16)11-26/h1-4,9,14-15H,5-8,10-13H2. The van der Waals surface area contributed by atoms with Crippen LogP contribution < -0.4 is 10.2 Å². The average molecular weight is 436 g/mol. The van der Waals surface area contributed by atoms with Gasteiger partial charge in [-0.3, -0.25) is 14.5 Å². The van der Waals surface area contributed by atoms with Crippen molar-refractivity contribution in [2.45, 2.75) is 38.7 Å². The minimum atomic E-state index is -4.85. The Balaban J connectivity index is 1.26. The Morgan fingerprint density at radius 2 is 1.77 bits per heavy atom. The molecule has 166 valence electrons. The lowest BCUT2D eigenvalue weighted by molar-refractivity contribution is -0.186. The summed E-state index contributed by atoms with van der Waals surface area (Å²) in [6.45, 7) is 2.35. The Bertz CT molecular complexity index is 972. The second kappa shape index (κ2) is 8.74. The van der Waals surface area contributed by atoms with Crippen LogP contribution in [-0.4, -0.2) is 41.6 Å². The summed E-state index contributed by atoms with van der Waals surface area (Å²) >= 11 is 0. The van der Waals surface area contributed by atoms with Crippen LogP contribution in [-0.2, 0) is 24.4 Å². The summed E-state index contributed by atoms with van der Waals surface area (Å²) < 4.78 is 48.7. The molecule has 9 heteroatoms. The first-order valence-corrected chi connectivity index (χ1v) is 10.2. The van der Waals surface area contributed by atoms with Gasteiger partial charge in [0.2, 0.25) is 11.2 Å². The highest BCUT2D eigenvalue weighted by atomic mass is 19.4. The number of nitrogens with zero attached hydrogens (tertiary/aromatic N) is 2. The number of hydrogen-bond acceptors (Lipinski definition) is 5. The average Bonchev–Trinajstić information content (AvgIpc) is 3.14. The lowest BCUT2D eigenvalue weighted by Gasteiger charge is -2.32. The highest BCUT2D eigenvalue weighted by Crippen LogP contribution is 2.25. The van der Waals surface area contributed by atoms with Gasteiger partial charge in [-0.1, -0.05) is 24.3 Å². The van der Waals surface area contributed by atoms with Crippen molar-refractivity contribution in [2.75, 3.05) is 19.7 Å². The number of alkyl halides is 3. The molecule has 3 heterocycles. The largest absolute Gasteiger partial charge is 0.486 e. The van der Waals surface area contributed by atoms with Gasteiger partial charge in [0.15, 0.2) is 0 Å². The molecule has 0 unspecified atom stereocenters. The third-order valence-electron chi connectivity index (χ3n) is 5.76. The maximum Gasteiger partial charge on any atom is 0.471 e. The van der Waals surface area contributed by atoms with Crippen molar-refractivity contribution < 1.29 is 27.1 Å². The van der Waals surface area contributed by atoms with E-state index in [1.54, 1.807) is 0 Å². The van der Waals surface area contributed by atoms with E-state index in [9.17, 15) is 22.8 Å². The fourth-order valence-corrected chi connectivity index (χ4v) is 4.05. The smallest absolute Gasteiger partial charge is 0.471 e. The molecule has 1 saturated heterocycles. The summed E-state index contributed by atoms with van der Waals surface area (Å²) in [6, 6.07) is 9.61. The van der Waals surface area contributed by atoms with Crippen LogP contribution in [0.15, 0.2) is 45.8 Å². The molecule has 0 aliphatic carbocycles. The summed E-state index contributed by atoms with van der Waals surface area (Å²) in [5, 5.41) is 0. The lowest BCUT2D eigenvalue weighted by atomic mass is 9.98. The highest BCUT2D eigenvalue weighted by molar-refractivity contribution is 5.81. The molecule has 2 aromatic rings. The fourth-order valence-electron chi connectivity index (χ4n) is 4.05. The molecule has 0 atom stereocenters. The fraction of sp³-hybridized carbons (Fsp3) is 0.455. The summed E-state index contributed by atoms with van der Waals surface area (Å²) in [4.78, 5) is 26.7. The van der Waals surface area contributed by atoms with E-state index in [2.05, 4.69) is 17.0 Å². The van der Waals surface area contributed by atoms with Crippen LogP contribution >= 0.6 is 0 Å². The molecular weight excluding hydrogens is 413 g/mol. The number of carbonyl (C=O) groups excluding carboxylic acids is 1. The molecule has 0 bridgehead atoms. The molecule has 0 radical (unpaired) electrons. The summed E-state index contributed by atoms with van der Waals surface area (Å²) in [7, 11) is 0. The zero-order valence-corrected chi connectivity index (χ0v) is 16.9. The number of carbonyl (C=O) groups is 1. The number of benzene rings is 1. The van der Waals surface area contributed by atoms with E-state index in [0.717, 1.165) is 18.0 Å². The third-order valence-corrected chi connectivity index (χ3v) is 5.76. The number of halogens is 3. The molecule has 1 aromatic carbocycles. The van der Waals surface area contributed by atoms with Gasteiger partial charge in [0, 0.05) is 32.2 Å². The Hall–Kier alpha value is -2.81. The highest BCUT2D eigenvalue weighted by Gasteiger charge is 2.43. The van der Waals surface area contributed by atoms with Crippen LogP contribution in [0.2, 0.25) is 0 Å². The molecule has 1 fully saturated rings. The van der Waals surface area contributed by atoms with E-state index in [4.69, 9.17) is 9.15 Å². The predicted octanol–water partition coefficient (Wildman–Crippen LogP) is 3.34. The van der Waals surface area contributed by atoms with Crippen molar-refractivity contribution in [2.24, 2.45) is 5.92 Å². The van der Waals surface area contributed by atoms with Gasteiger partial charge in [0.05, 0.1) is 13.2 Å². The number of likely N-dealkylation sites (tertiary alicyclic amines) is 1. The van der Waals surface area contributed by atoms with Gasteiger partial charge in [-0.25, -0.2) is 0 Å². The molecule has 1 amide bonds. The van der Waals surface area contributed by atoms with Gasteiger partial charge in [0.25, 0.3) is 0 Å². The van der Waals surface area contributed by atoms with Crippen LogP contribution in [0.5, 0.6) is 5.75 Å². The molecule has 0 saturated carbocycles. The summed E-state index contributed by atoms with van der Waals surface area (Å²) in [5.41, 5.74) is 2.25. The molecule has 4 rings (SSSR count). The number of amides is 1. The monoisotopic (exact) mass is 436 g/mol. The Morgan fingerprint density at radius 3 is 2.35 bits per heavy atom. The Labute approximate surface area is 177 Å². The zero-order chi connectivity index (χ0) is 22.0. The number of hydrogen-bond donors (Lipinski definition) is 0. The normalized spacial score (nSPS) is 17.6. The van der Waals surface area contributed by atoms with Gasteiger partial charge < -0.3 is 14.1 Å². The molecule has 2 aliphatic rings. The van der Waals surface area contributed by atoms with E-state index in [1.165, 1.54) is 23.5 Å². The van der Waals surface area contributed by atoms with Crippen LogP contribution in [0.4, 0.5) is 13.2 Å². The van der Waals surface area contributed by atoms with Gasteiger partial charge >= 0.3 is 12.1 Å². The first-order valence-electron chi connectivity index (χ1n) is 10.2. The van der Waals surface area contributed by atoms with Crippen LogP contribution in [0, 0.1) is 5.92 Å². The van der Waals surface area contributed by atoms with Gasteiger partial charge in [-0.15, -0.1) is 0 Å². The maximum atomic E-state index is 12.5. The minimum absolute atomic E-state index is 0.0259. The van der Waals surface area contributed by atoms with E-state index >= 15 is 0 Å². The van der Waals surface area contributed by atoms with Crippen LogP contribution in [0.1, 0.15) is 29.7 Å². The zero-order valence-electron chi connectivity index (χ0n) is 16.9. The Morgan fingerprint density at radius 1 is 1.13 bits per heavy atom. The minimum Gasteiger partial charge on any atom is -0.486 e. The summed E-state index contributed by atoms with van der Waals surface area (Å²) in [6.07, 6.45) is -2.77. The number of rotatable bonds is 5. The first kappa shape index (κ1) is 21.4. The van der Waals surface area contributed by atoms with Gasteiger partial charge in [0.1, 0.15) is 12.0 Å². The molecule has 0 N–H and O–H groups in total. The third kappa shape index (κ3) is 5.10. The first-order chi connectivity index (χ1) is 14.8. The van der Waals surface area contributed by atoms with E-state index in [0.29, 0.717) is 25.1 Å². The van der Waals surface area contributed by atoms with Crippen molar-refractivity contribution in [3.63, 3.8) is 0 Å². The van der Waals surface area contributed by atoms with Gasteiger partial charge in [-0.05, 0) is 29.9 Å². The second-order valence-electron chi connectivity index (χ2n) is 8.03. The van der Waals surface area contributed by atoms with Crippen LogP contribution in [0.3, 0.4) is 0 Å². The predicted molar refractivity (Wildman–Crippen MR) is 105 cm³/mol. The van der Waals surface area contributed by atoms with Gasteiger partial charge in [-0.2, -0.15) is 13.2 Å². The molecular formula is C22H23F3N2O4. The molecule has 6 nitrogen and oxygen atoms in total. The van der Waals surface area contributed by atoms with E-state index in [1.807, 2.05) is 12.1 Å². The topological polar surface area (TPSA) is 63.0 Å². The lowest BCUT2D eigenvalue weighted by Crippen LogP contribution is -2.46. The molecule has 0 spiro atoms. The van der Waals surface area contributed by atoms with Crippen molar-refractivity contribution in [1.82, 2.24) is 9.80 Å². The maximum absolute atomic E-state index is 12.5. The van der Waals surface area contributed by atoms with Crippen molar-refractivity contribution in [3.05, 3.63) is 63.7 Å². The van der Waals surface area contributed by atoms with Crippen molar-refractivity contribution >= 4 is 5.91 Å².